The summed E-state index contributed by atoms with van der Waals surface area (Å²) in [5.41, 5.74) is 2.28. The van der Waals surface area contributed by atoms with Crippen LogP contribution in [-0.2, 0) is 18.3 Å². The van der Waals surface area contributed by atoms with Gasteiger partial charge >= 0.3 is 0 Å². The molecule has 1 atom stereocenters. The van der Waals surface area contributed by atoms with Crippen molar-refractivity contribution in [2.45, 2.75) is 19.5 Å². The van der Waals surface area contributed by atoms with Gasteiger partial charge in [-0.25, -0.2) is 0 Å². The predicted octanol–water partition coefficient (Wildman–Crippen LogP) is -0.175. The second-order valence-electron chi connectivity index (χ2n) is 3.59. The minimum atomic E-state index is -0.0189. The van der Waals surface area contributed by atoms with Gasteiger partial charge in [0, 0.05) is 32.0 Å². The molecule has 1 heterocycles. The molecule has 1 rings (SSSR count). The average molecular weight is 213 g/mol. The molecule has 0 spiro atoms. The molecular formula is C10H19N3O2. The zero-order valence-electron chi connectivity index (χ0n) is 9.53. The Bertz CT molecular complexity index is 299. The van der Waals surface area contributed by atoms with E-state index in [1.165, 1.54) is 0 Å². The maximum atomic E-state index is 9.05. The molecule has 0 aliphatic heterocycles. The van der Waals surface area contributed by atoms with Crippen molar-refractivity contribution in [1.29, 1.82) is 0 Å². The highest BCUT2D eigenvalue weighted by molar-refractivity contribution is 5.15. The molecular weight excluding hydrogens is 194 g/mol. The van der Waals surface area contributed by atoms with Gasteiger partial charge in [-0.1, -0.05) is 0 Å². The zero-order valence-corrected chi connectivity index (χ0v) is 9.53. The number of rotatable bonds is 6. The summed E-state index contributed by atoms with van der Waals surface area (Å²) in [5, 5.41) is 16.4. The second kappa shape index (κ2) is 5.85. The fraction of sp³-hybridized carbons (Fsp3) is 0.700. The Labute approximate surface area is 90.1 Å². The number of aliphatic hydroxyl groups is 1. The minimum Gasteiger partial charge on any atom is -0.395 e. The van der Waals surface area contributed by atoms with E-state index in [4.69, 9.17) is 9.84 Å². The van der Waals surface area contributed by atoms with Crippen molar-refractivity contribution in [2.75, 3.05) is 20.3 Å². The third-order valence-electron chi connectivity index (χ3n) is 2.51. The van der Waals surface area contributed by atoms with Gasteiger partial charge in [0.15, 0.2) is 0 Å². The van der Waals surface area contributed by atoms with E-state index in [1.807, 2.05) is 24.9 Å². The van der Waals surface area contributed by atoms with Gasteiger partial charge < -0.3 is 15.2 Å². The first-order chi connectivity index (χ1) is 7.19. The van der Waals surface area contributed by atoms with Crippen LogP contribution < -0.4 is 5.32 Å². The molecule has 5 nitrogen and oxygen atoms in total. The van der Waals surface area contributed by atoms with Gasteiger partial charge in [-0.15, -0.1) is 0 Å². The van der Waals surface area contributed by atoms with Gasteiger partial charge in [-0.3, -0.25) is 4.68 Å². The zero-order chi connectivity index (χ0) is 11.3. The summed E-state index contributed by atoms with van der Waals surface area (Å²) in [7, 11) is 3.54. The number of hydrogen-bond acceptors (Lipinski definition) is 4. The van der Waals surface area contributed by atoms with E-state index in [9.17, 15) is 0 Å². The third-order valence-corrected chi connectivity index (χ3v) is 2.51. The Balaban J connectivity index is 2.45. The molecule has 5 heteroatoms. The van der Waals surface area contributed by atoms with Crippen LogP contribution in [0, 0.1) is 6.92 Å². The van der Waals surface area contributed by atoms with Crippen LogP contribution in [0.25, 0.3) is 0 Å². The van der Waals surface area contributed by atoms with Crippen LogP contribution in [0.15, 0.2) is 6.20 Å². The maximum absolute atomic E-state index is 9.05. The fourth-order valence-corrected chi connectivity index (χ4v) is 1.35. The number of aromatic nitrogens is 2. The summed E-state index contributed by atoms with van der Waals surface area (Å²) < 4.78 is 6.81. The molecule has 0 aromatic carbocycles. The Hall–Kier alpha value is -0.910. The van der Waals surface area contributed by atoms with E-state index < -0.39 is 0 Å². The Kier molecular flexibility index (Phi) is 4.74. The molecule has 0 amide bonds. The standard InChI is InChI=1S/C10H19N3O2/c1-8-9(5-12-13(8)2)4-11-10(6-14)7-15-3/h5,10-11,14H,4,6-7H2,1-3H3. The molecule has 2 N–H and O–H groups in total. The van der Waals surface area contributed by atoms with Crippen LogP contribution in [-0.4, -0.2) is 41.3 Å². The van der Waals surface area contributed by atoms with Gasteiger partial charge in [0.2, 0.25) is 0 Å². The predicted molar refractivity (Wildman–Crippen MR) is 57.5 cm³/mol. The number of ether oxygens (including phenoxy) is 1. The van der Waals surface area contributed by atoms with E-state index in [0.717, 1.165) is 11.3 Å². The van der Waals surface area contributed by atoms with Crippen molar-refractivity contribution in [2.24, 2.45) is 7.05 Å². The minimum absolute atomic E-state index is 0.0189. The van der Waals surface area contributed by atoms with Crippen LogP contribution in [0.3, 0.4) is 0 Å². The molecule has 0 aliphatic carbocycles. The summed E-state index contributed by atoms with van der Waals surface area (Å²) in [6, 6.07) is -0.0189. The van der Waals surface area contributed by atoms with E-state index in [0.29, 0.717) is 13.2 Å². The quantitative estimate of drug-likeness (QED) is 0.688. The molecule has 1 unspecified atom stereocenters. The third kappa shape index (κ3) is 3.30. The van der Waals surface area contributed by atoms with Crippen molar-refractivity contribution >= 4 is 0 Å². The molecule has 1 aromatic heterocycles. The lowest BCUT2D eigenvalue weighted by Gasteiger charge is -2.14. The van der Waals surface area contributed by atoms with Crippen molar-refractivity contribution in [3.05, 3.63) is 17.5 Å². The summed E-state index contributed by atoms with van der Waals surface area (Å²) >= 11 is 0. The van der Waals surface area contributed by atoms with Gasteiger partial charge in [0.05, 0.1) is 25.5 Å². The van der Waals surface area contributed by atoms with Crippen LogP contribution >= 0.6 is 0 Å². The molecule has 0 bridgehead atoms. The molecule has 0 aliphatic rings. The second-order valence-corrected chi connectivity index (χ2v) is 3.59. The van der Waals surface area contributed by atoms with E-state index >= 15 is 0 Å². The Morgan fingerprint density at radius 1 is 1.67 bits per heavy atom. The normalized spacial score (nSPS) is 13.1. The largest absolute Gasteiger partial charge is 0.395 e. The SMILES string of the molecule is COCC(CO)NCc1cnn(C)c1C. The van der Waals surface area contributed by atoms with Crippen LogP contribution in [0.1, 0.15) is 11.3 Å². The highest BCUT2D eigenvalue weighted by Crippen LogP contribution is 2.05. The summed E-state index contributed by atoms with van der Waals surface area (Å²) in [6.07, 6.45) is 1.84. The Morgan fingerprint density at radius 2 is 2.40 bits per heavy atom. The van der Waals surface area contributed by atoms with Crippen molar-refractivity contribution in [1.82, 2.24) is 15.1 Å². The van der Waals surface area contributed by atoms with Crippen molar-refractivity contribution < 1.29 is 9.84 Å². The number of aliphatic hydroxyl groups excluding tert-OH is 1. The summed E-state index contributed by atoms with van der Waals surface area (Å²) in [4.78, 5) is 0. The van der Waals surface area contributed by atoms with Gasteiger partial charge in [-0.2, -0.15) is 5.10 Å². The Morgan fingerprint density at radius 3 is 2.87 bits per heavy atom. The van der Waals surface area contributed by atoms with Crippen LogP contribution in [0.5, 0.6) is 0 Å². The first-order valence-corrected chi connectivity index (χ1v) is 4.99. The summed E-state index contributed by atoms with van der Waals surface area (Å²) in [6.45, 7) is 3.31. The van der Waals surface area contributed by atoms with Crippen molar-refractivity contribution in [3.8, 4) is 0 Å². The van der Waals surface area contributed by atoms with E-state index in [2.05, 4.69) is 10.4 Å². The number of nitrogens with one attached hydrogen (secondary N) is 1. The molecule has 15 heavy (non-hydrogen) atoms. The van der Waals surface area contributed by atoms with E-state index in [-0.39, 0.29) is 12.6 Å². The van der Waals surface area contributed by atoms with Gasteiger partial charge in [0.25, 0.3) is 0 Å². The fourth-order valence-electron chi connectivity index (χ4n) is 1.35. The highest BCUT2D eigenvalue weighted by Gasteiger charge is 2.08. The van der Waals surface area contributed by atoms with Gasteiger partial charge in [-0.05, 0) is 6.92 Å². The average Bonchev–Trinajstić information content (AvgIpc) is 2.55. The molecule has 0 saturated carbocycles. The first-order valence-electron chi connectivity index (χ1n) is 4.99. The van der Waals surface area contributed by atoms with Gasteiger partial charge in [0.1, 0.15) is 0 Å². The first kappa shape index (κ1) is 12.2. The topological polar surface area (TPSA) is 59.3 Å². The number of nitrogens with zero attached hydrogens (tertiary/aromatic N) is 2. The van der Waals surface area contributed by atoms with Crippen molar-refractivity contribution in [3.63, 3.8) is 0 Å². The summed E-state index contributed by atoms with van der Waals surface area (Å²) in [5.74, 6) is 0. The molecule has 0 radical (unpaired) electrons. The van der Waals surface area contributed by atoms with Crippen LogP contribution in [0.2, 0.25) is 0 Å². The molecule has 0 fully saturated rings. The lowest BCUT2D eigenvalue weighted by atomic mass is 10.2. The monoisotopic (exact) mass is 213 g/mol. The molecule has 0 saturated heterocycles. The van der Waals surface area contributed by atoms with Crippen LogP contribution in [0.4, 0.5) is 0 Å². The lowest BCUT2D eigenvalue weighted by molar-refractivity contribution is 0.128. The lowest BCUT2D eigenvalue weighted by Crippen LogP contribution is -2.36. The molecule has 86 valence electrons. The molecule has 1 aromatic rings. The maximum Gasteiger partial charge on any atom is 0.0638 e. The number of methoxy groups -OCH3 is 1. The van der Waals surface area contributed by atoms with E-state index in [1.54, 1.807) is 7.11 Å². The highest BCUT2D eigenvalue weighted by atomic mass is 16.5. The number of aryl methyl sites for hydroxylation is 1. The number of hydrogen-bond donors (Lipinski definition) is 2. The smallest absolute Gasteiger partial charge is 0.0638 e.